The third-order valence-electron chi connectivity index (χ3n) is 3.70. The standard InChI is InChI=1S/C17H23N3O2/c1-11-6-12(2)8-14(7-11)9-13(3)18-16(21)15-10-19(4)17(22)20(15)5/h6-8,10,13H,9H2,1-5H3,(H,18,21). The van der Waals surface area contributed by atoms with Crippen LogP contribution in [0.15, 0.2) is 29.2 Å². The van der Waals surface area contributed by atoms with Gasteiger partial charge in [-0.3, -0.25) is 9.36 Å². The van der Waals surface area contributed by atoms with Gasteiger partial charge < -0.3 is 9.88 Å². The smallest absolute Gasteiger partial charge is 0.328 e. The monoisotopic (exact) mass is 301 g/mol. The van der Waals surface area contributed by atoms with Gasteiger partial charge in [0.25, 0.3) is 5.91 Å². The van der Waals surface area contributed by atoms with Crippen LogP contribution in [0.2, 0.25) is 0 Å². The van der Waals surface area contributed by atoms with E-state index in [0.717, 1.165) is 6.42 Å². The van der Waals surface area contributed by atoms with Crippen molar-refractivity contribution >= 4 is 5.91 Å². The van der Waals surface area contributed by atoms with Crippen LogP contribution in [0.5, 0.6) is 0 Å². The summed E-state index contributed by atoms with van der Waals surface area (Å²) in [6.07, 6.45) is 2.32. The average molecular weight is 301 g/mol. The van der Waals surface area contributed by atoms with E-state index in [2.05, 4.69) is 37.4 Å². The summed E-state index contributed by atoms with van der Waals surface area (Å²) in [6.45, 7) is 6.11. The number of rotatable bonds is 4. The van der Waals surface area contributed by atoms with Gasteiger partial charge in [0.05, 0.1) is 0 Å². The molecule has 0 aliphatic rings. The second-order valence-corrected chi connectivity index (χ2v) is 6.04. The van der Waals surface area contributed by atoms with E-state index in [4.69, 9.17) is 0 Å². The van der Waals surface area contributed by atoms with Crippen molar-refractivity contribution in [1.82, 2.24) is 14.5 Å². The van der Waals surface area contributed by atoms with Crippen molar-refractivity contribution in [2.45, 2.75) is 33.2 Å². The Labute approximate surface area is 130 Å². The Morgan fingerprint density at radius 2 is 1.77 bits per heavy atom. The minimum Gasteiger partial charge on any atom is -0.348 e. The SMILES string of the molecule is Cc1cc(C)cc(CC(C)NC(=O)c2cn(C)c(=O)n2C)c1. The normalized spacial score (nSPS) is 12.2. The van der Waals surface area contributed by atoms with E-state index in [9.17, 15) is 9.59 Å². The summed E-state index contributed by atoms with van der Waals surface area (Å²) in [5.74, 6) is -0.225. The summed E-state index contributed by atoms with van der Waals surface area (Å²) in [4.78, 5) is 24.0. The Balaban J connectivity index is 2.08. The highest BCUT2D eigenvalue weighted by molar-refractivity contribution is 5.92. The predicted molar refractivity (Wildman–Crippen MR) is 87.2 cm³/mol. The molecule has 1 aromatic carbocycles. The fraction of sp³-hybridized carbons (Fsp3) is 0.412. The summed E-state index contributed by atoms with van der Waals surface area (Å²) in [7, 11) is 3.24. The van der Waals surface area contributed by atoms with Gasteiger partial charge >= 0.3 is 5.69 Å². The van der Waals surface area contributed by atoms with E-state index in [1.54, 1.807) is 20.3 Å². The van der Waals surface area contributed by atoms with Gasteiger partial charge in [-0.2, -0.15) is 0 Å². The lowest BCUT2D eigenvalue weighted by molar-refractivity contribution is 0.0931. The van der Waals surface area contributed by atoms with Gasteiger partial charge in [-0.25, -0.2) is 4.79 Å². The van der Waals surface area contributed by atoms with E-state index in [0.29, 0.717) is 5.69 Å². The first-order chi connectivity index (χ1) is 10.3. The molecule has 5 nitrogen and oxygen atoms in total. The Bertz CT molecular complexity index is 735. The van der Waals surface area contributed by atoms with E-state index >= 15 is 0 Å². The van der Waals surface area contributed by atoms with Gasteiger partial charge in [0.1, 0.15) is 5.69 Å². The second kappa shape index (κ2) is 6.22. The quantitative estimate of drug-likeness (QED) is 0.934. The van der Waals surface area contributed by atoms with Crippen molar-refractivity contribution in [3.8, 4) is 0 Å². The van der Waals surface area contributed by atoms with Crippen LogP contribution in [0.1, 0.15) is 34.1 Å². The first kappa shape index (κ1) is 16.1. The number of hydrogen-bond acceptors (Lipinski definition) is 2. The molecular formula is C17H23N3O2. The van der Waals surface area contributed by atoms with E-state index in [1.165, 1.54) is 25.8 Å². The number of hydrogen-bond donors (Lipinski definition) is 1. The number of aryl methyl sites for hydroxylation is 3. The molecule has 2 aromatic rings. The predicted octanol–water partition coefficient (Wildman–Crippen LogP) is 1.70. The zero-order valence-electron chi connectivity index (χ0n) is 13.8. The maximum absolute atomic E-state index is 12.3. The fourth-order valence-electron chi connectivity index (χ4n) is 2.76. The molecule has 0 aliphatic carbocycles. The summed E-state index contributed by atoms with van der Waals surface area (Å²) in [6, 6.07) is 6.39. The topological polar surface area (TPSA) is 56.0 Å². The van der Waals surface area contributed by atoms with E-state index < -0.39 is 0 Å². The molecule has 0 fully saturated rings. The molecule has 1 heterocycles. The molecule has 118 valence electrons. The largest absolute Gasteiger partial charge is 0.348 e. The van der Waals surface area contributed by atoms with Crippen molar-refractivity contribution in [2.75, 3.05) is 0 Å². The molecule has 1 aromatic heterocycles. The maximum atomic E-state index is 12.3. The van der Waals surface area contributed by atoms with Gasteiger partial charge in [-0.15, -0.1) is 0 Å². The van der Waals surface area contributed by atoms with Gasteiger partial charge in [0.15, 0.2) is 0 Å². The van der Waals surface area contributed by atoms with Crippen molar-refractivity contribution in [3.05, 3.63) is 57.3 Å². The summed E-state index contributed by atoms with van der Waals surface area (Å²) >= 11 is 0. The first-order valence-corrected chi connectivity index (χ1v) is 7.38. The van der Waals surface area contributed by atoms with Gasteiger partial charge in [-0.05, 0) is 32.8 Å². The van der Waals surface area contributed by atoms with Crippen LogP contribution in [0.4, 0.5) is 0 Å². The maximum Gasteiger partial charge on any atom is 0.328 e. The van der Waals surface area contributed by atoms with E-state index in [1.807, 2.05) is 6.92 Å². The first-order valence-electron chi connectivity index (χ1n) is 7.38. The lowest BCUT2D eigenvalue weighted by atomic mass is 10.0. The molecule has 0 saturated heterocycles. The summed E-state index contributed by atoms with van der Waals surface area (Å²) in [5, 5.41) is 2.95. The minimum absolute atomic E-state index is 0.0102. The Hall–Kier alpha value is -2.30. The Morgan fingerprint density at radius 1 is 1.18 bits per heavy atom. The molecule has 22 heavy (non-hydrogen) atoms. The number of carbonyl (C=O) groups excluding carboxylic acids is 1. The molecular weight excluding hydrogens is 278 g/mol. The number of nitrogens with zero attached hydrogens (tertiary/aromatic N) is 2. The van der Waals surface area contributed by atoms with Crippen molar-refractivity contribution in [1.29, 1.82) is 0 Å². The van der Waals surface area contributed by atoms with Gasteiger partial charge in [0, 0.05) is 26.3 Å². The average Bonchev–Trinajstić information content (AvgIpc) is 2.65. The third-order valence-corrected chi connectivity index (χ3v) is 3.70. The van der Waals surface area contributed by atoms with Gasteiger partial charge in [-0.1, -0.05) is 29.3 Å². The van der Waals surface area contributed by atoms with Crippen LogP contribution in [-0.2, 0) is 20.5 Å². The molecule has 0 saturated carbocycles. The highest BCUT2D eigenvalue weighted by Gasteiger charge is 2.16. The molecule has 1 N–H and O–H groups in total. The summed E-state index contributed by atoms with van der Waals surface area (Å²) < 4.78 is 2.77. The number of imidazole rings is 1. The zero-order valence-corrected chi connectivity index (χ0v) is 13.8. The lowest BCUT2D eigenvalue weighted by Crippen LogP contribution is -2.35. The number of benzene rings is 1. The van der Waals surface area contributed by atoms with Crippen molar-refractivity contribution in [2.24, 2.45) is 14.1 Å². The molecule has 0 aliphatic heterocycles. The van der Waals surface area contributed by atoms with Crippen LogP contribution in [-0.4, -0.2) is 21.1 Å². The van der Waals surface area contributed by atoms with Crippen LogP contribution in [0, 0.1) is 13.8 Å². The number of carbonyl (C=O) groups is 1. The fourth-order valence-corrected chi connectivity index (χ4v) is 2.76. The lowest BCUT2D eigenvalue weighted by Gasteiger charge is -2.15. The van der Waals surface area contributed by atoms with Crippen LogP contribution < -0.4 is 11.0 Å². The molecule has 0 spiro atoms. The van der Waals surface area contributed by atoms with Crippen LogP contribution >= 0.6 is 0 Å². The number of amides is 1. The molecule has 2 rings (SSSR count). The van der Waals surface area contributed by atoms with Crippen molar-refractivity contribution in [3.63, 3.8) is 0 Å². The molecule has 1 atom stereocenters. The molecule has 0 radical (unpaired) electrons. The Morgan fingerprint density at radius 3 is 2.27 bits per heavy atom. The molecule has 1 unspecified atom stereocenters. The molecule has 1 amide bonds. The third kappa shape index (κ3) is 3.47. The molecule has 0 bridgehead atoms. The second-order valence-electron chi connectivity index (χ2n) is 6.04. The van der Waals surface area contributed by atoms with Crippen LogP contribution in [0.25, 0.3) is 0 Å². The van der Waals surface area contributed by atoms with Crippen LogP contribution in [0.3, 0.4) is 0 Å². The number of nitrogens with one attached hydrogen (secondary N) is 1. The highest BCUT2D eigenvalue weighted by atomic mass is 16.2. The zero-order chi connectivity index (χ0) is 16.4. The van der Waals surface area contributed by atoms with Crippen molar-refractivity contribution < 1.29 is 4.79 Å². The molecule has 5 heteroatoms. The minimum atomic E-state index is -0.225. The van der Waals surface area contributed by atoms with E-state index in [-0.39, 0.29) is 17.6 Å². The highest BCUT2D eigenvalue weighted by Crippen LogP contribution is 2.11. The van der Waals surface area contributed by atoms with Gasteiger partial charge in [0.2, 0.25) is 0 Å². The summed E-state index contributed by atoms with van der Waals surface area (Å²) in [5.41, 5.74) is 3.82. The number of aromatic nitrogens is 2. The Kier molecular flexibility index (Phi) is 4.54.